The normalized spacial score (nSPS) is 10.8. The van der Waals surface area contributed by atoms with E-state index in [0.717, 1.165) is 26.7 Å². The number of likely N-dealkylation sites (N-methyl/N-ethyl adjacent to an activating group) is 1. The van der Waals surface area contributed by atoms with Crippen LogP contribution in [0.2, 0.25) is 0 Å². The number of rotatable bonds is 6. The number of ether oxygens (including phenoxy) is 1. The first kappa shape index (κ1) is 16.6. The Balaban J connectivity index is 1.52. The number of benzene rings is 2. The van der Waals surface area contributed by atoms with Gasteiger partial charge < -0.3 is 14.6 Å². The molecule has 1 heterocycles. The Morgan fingerprint density at radius 1 is 1.17 bits per heavy atom. The second-order valence-electron chi connectivity index (χ2n) is 5.65. The van der Waals surface area contributed by atoms with Crippen molar-refractivity contribution in [1.29, 1.82) is 0 Å². The summed E-state index contributed by atoms with van der Waals surface area (Å²) < 4.78 is 6.68. The number of hydrogen-bond acceptors (Lipinski definition) is 2. The standard InChI is InChI=1S/C19H19BrN2O2/c1-22(10-11-24-16-8-6-15(20)7-9-16)19(23)12-14-13-21-18-5-3-2-4-17(14)18/h2-9,13,21H,10-12H2,1H3. The van der Waals surface area contributed by atoms with Gasteiger partial charge in [0.15, 0.2) is 0 Å². The minimum atomic E-state index is 0.0826. The van der Waals surface area contributed by atoms with Crippen molar-refractivity contribution in [2.75, 3.05) is 20.2 Å². The van der Waals surface area contributed by atoms with E-state index in [1.807, 2.05) is 61.8 Å². The van der Waals surface area contributed by atoms with Crippen molar-refractivity contribution >= 4 is 32.7 Å². The summed E-state index contributed by atoms with van der Waals surface area (Å²) in [6.07, 6.45) is 2.30. The number of amides is 1. The summed E-state index contributed by atoms with van der Waals surface area (Å²) >= 11 is 3.39. The molecule has 3 aromatic rings. The van der Waals surface area contributed by atoms with Crippen LogP contribution in [0.25, 0.3) is 10.9 Å². The van der Waals surface area contributed by atoms with Crippen LogP contribution in [0.3, 0.4) is 0 Å². The number of H-pyrrole nitrogens is 1. The molecular weight excluding hydrogens is 368 g/mol. The van der Waals surface area contributed by atoms with E-state index in [1.54, 1.807) is 4.90 Å². The zero-order chi connectivity index (χ0) is 16.9. The fourth-order valence-corrected chi connectivity index (χ4v) is 2.80. The average molecular weight is 387 g/mol. The zero-order valence-electron chi connectivity index (χ0n) is 13.5. The van der Waals surface area contributed by atoms with Crippen LogP contribution in [0.15, 0.2) is 59.2 Å². The lowest BCUT2D eigenvalue weighted by atomic mass is 10.1. The van der Waals surface area contributed by atoms with E-state index in [9.17, 15) is 4.79 Å². The maximum absolute atomic E-state index is 12.4. The van der Waals surface area contributed by atoms with E-state index in [2.05, 4.69) is 20.9 Å². The summed E-state index contributed by atoms with van der Waals surface area (Å²) in [4.78, 5) is 17.3. The molecule has 0 aliphatic rings. The van der Waals surface area contributed by atoms with Gasteiger partial charge in [-0.2, -0.15) is 0 Å². The molecule has 24 heavy (non-hydrogen) atoms. The topological polar surface area (TPSA) is 45.3 Å². The lowest BCUT2D eigenvalue weighted by Crippen LogP contribution is -2.32. The van der Waals surface area contributed by atoms with Crippen LogP contribution in [-0.4, -0.2) is 36.0 Å². The Kier molecular flexibility index (Phi) is 5.20. The van der Waals surface area contributed by atoms with Crippen LogP contribution in [0, 0.1) is 0 Å². The van der Waals surface area contributed by atoms with Gasteiger partial charge in [-0.05, 0) is 35.9 Å². The lowest BCUT2D eigenvalue weighted by molar-refractivity contribution is -0.129. The van der Waals surface area contributed by atoms with Crippen molar-refractivity contribution < 1.29 is 9.53 Å². The fraction of sp³-hybridized carbons (Fsp3) is 0.211. The molecule has 0 saturated carbocycles. The minimum Gasteiger partial charge on any atom is -0.492 e. The van der Waals surface area contributed by atoms with Gasteiger partial charge in [0.2, 0.25) is 5.91 Å². The highest BCUT2D eigenvalue weighted by Crippen LogP contribution is 2.19. The molecule has 0 radical (unpaired) electrons. The molecule has 3 rings (SSSR count). The molecule has 4 nitrogen and oxygen atoms in total. The van der Waals surface area contributed by atoms with Crippen LogP contribution in [0.1, 0.15) is 5.56 Å². The number of nitrogens with zero attached hydrogens (tertiary/aromatic N) is 1. The van der Waals surface area contributed by atoms with Crippen molar-refractivity contribution in [3.63, 3.8) is 0 Å². The van der Waals surface area contributed by atoms with Gasteiger partial charge in [-0.15, -0.1) is 0 Å². The van der Waals surface area contributed by atoms with Gasteiger partial charge >= 0.3 is 0 Å². The van der Waals surface area contributed by atoms with E-state index in [-0.39, 0.29) is 5.91 Å². The number of para-hydroxylation sites is 1. The number of nitrogens with one attached hydrogen (secondary N) is 1. The second-order valence-corrected chi connectivity index (χ2v) is 6.57. The maximum Gasteiger partial charge on any atom is 0.226 e. The highest BCUT2D eigenvalue weighted by molar-refractivity contribution is 9.10. The van der Waals surface area contributed by atoms with Gasteiger partial charge in [0, 0.05) is 28.6 Å². The summed E-state index contributed by atoms with van der Waals surface area (Å²) in [5, 5.41) is 1.10. The van der Waals surface area contributed by atoms with Crippen molar-refractivity contribution in [3.8, 4) is 5.75 Å². The van der Waals surface area contributed by atoms with Gasteiger partial charge in [-0.1, -0.05) is 34.1 Å². The predicted octanol–water partition coefficient (Wildman–Crippen LogP) is 4.01. The quantitative estimate of drug-likeness (QED) is 0.695. The molecule has 1 N–H and O–H groups in total. The van der Waals surface area contributed by atoms with Crippen molar-refractivity contribution in [3.05, 3.63) is 64.8 Å². The first-order valence-corrected chi connectivity index (χ1v) is 8.60. The first-order valence-electron chi connectivity index (χ1n) is 7.81. The Hall–Kier alpha value is -2.27. The van der Waals surface area contributed by atoms with Crippen LogP contribution in [0.4, 0.5) is 0 Å². The van der Waals surface area contributed by atoms with Crippen LogP contribution >= 0.6 is 15.9 Å². The van der Waals surface area contributed by atoms with E-state index >= 15 is 0 Å². The lowest BCUT2D eigenvalue weighted by Gasteiger charge is -2.17. The Bertz CT molecular complexity index is 827. The van der Waals surface area contributed by atoms with Crippen LogP contribution in [-0.2, 0) is 11.2 Å². The number of carbonyl (C=O) groups is 1. The molecule has 0 aliphatic heterocycles. The number of halogens is 1. The summed E-state index contributed by atoms with van der Waals surface area (Å²) in [5.74, 6) is 0.884. The third-order valence-corrected chi connectivity index (χ3v) is 4.48. The number of fused-ring (bicyclic) bond motifs is 1. The maximum atomic E-state index is 12.4. The highest BCUT2D eigenvalue weighted by atomic mass is 79.9. The molecule has 0 unspecified atom stereocenters. The van der Waals surface area contributed by atoms with Crippen LogP contribution in [0.5, 0.6) is 5.75 Å². The van der Waals surface area contributed by atoms with Crippen LogP contribution < -0.4 is 4.74 Å². The third-order valence-electron chi connectivity index (χ3n) is 3.95. The number of aromatic nitrogens is 1. The monoisotopic (exact) mass is 386 g/mol. The molecule has 0 bridgehead atoms. The molecule has 0 aliphatic carbocycles. The smallest absolute Gasteiger partial charge is 0.226 e. The molecule has 2 aromatic carbocycles. The van der Waals surface area contributed by atoms with Crippen molar-refractivity contribution in [1.82, 2.24) is 9.88 Å². The van der Waals surface area contributed by atoms with Gasteiger partial charge in [-0.25, -0.2) is 0 Å². The van der Waals surface area contributed by atoms with E-state index < -0.39 is 0 Å². The van der Waals surface area contributed by atoms with Gasteiger partial charge in [0.25, 0.3) is 0 Å². The average Bonchev–Trinajstić information content (AvgIpc) is 3.00. The summed E-state index contributed by atoms with van der Waals surface area (Å²) in [5.41, 5.74) is 2.08. The Morgan fingerprint density at radius 3 is 2.71 bits per heavy atom. The van der Waals surface area contributed by atoms with Gasteiger partial charge in [-0.3, -0.25) is 4.79 Å². The largest absolute Gasteiger partial charge is 0.492 e. The first-order chi connectivity index (χ1) is 11.6. The molecule has 0 spiro atoms. The second kappa shape index (κ2) is 7.53. The van der Waals surface area contributed by atoms with Gasteiger partial charge in [0.1, 0.15) is 12.4 Å². The molecule has 0 fully saturated rings. The Labute approximate surface area is 149 Å². The molecule has 5 heteroatoms. The Morgan fingerprint density at radius 2 is 1.92 bits per heavy atom. The molecule has 124 valence electrons. The molecule has 1 amide bonds. The SMILES string of the molecule is CN(CCOc1ccc(Br)cc1)C(=O)Cc1c[nH]c2ccccc12. The summed E-state index contributed by atoms with van der Waals surface area (Å²) in [6, 6.07) is 15.7. The fourth-order valence-electron chi connectivity index (χ4n) is 2.53. The zero-order valence-corrected chi connectivity index (χ0v) is 15.0. The van der Waals surface area contributed by atoms with E-state index in [4.69, 9.17) is 4.74 Å². The summed E-state index contributed by atoms with van der Waals surface area (Å²) in [7, 11) is 1.81. The number of hydrogen-bond donors (Lipinski definition) is 1. The van der Waals surface area contributed by atoms with Gasteiger partial charge in [0.05, 0.1) is 13.0 Å². The number of carbonyl (C=O) groups excluding carboxylic acids is 1. The molecule has 0 atom stereocenters. The molecule has 1 aromatic heterocycles. The van der Waals surface area contributed by atoms with E-state index in [0.29, 0.717) is 19.6 Å². The highest BCUT2D eigenvalue weighted by Gasteiger charge is 2.12. The van der Waals surface area contributed by atoms with Crippen molar-refractivity contribution in [2.45, 2.75) is 6.42 Å². The third kappa shape index (κ3) is 3.97. The molecule has 0 saturated heterocycles. The van der Waals surface area contributed by atoms with Crippen molar-refractivity contribution in [2.24, 2.45) is 0 Å². The minimum absolute atomic E-state index is 0.0826. The number of aromatic amines is 1. The summed E-state index contributed by atoms with van der Waals surface area (Å²) in [6.45, 7) is 1.02. The predicted molar refractivity (Wildman–Crippen MR) is 99.3 cm³/mol. The van der Waals surface area contributed by atoms with E-state index in [1.165, 1.54) is 0 Å². The molecular formula is C19H19BrN2O2.